The molecule has 2 aliphatic rings. The SMILES string of the molecule is CCN1CC(NC(=O)C(CCC(=O)O)NC(=O)OCC2c3ccccc3-c3ccccc32)CC1=O. The van der Waals surface area contributed by atoms with Crippen LogP contribution in [-0.2, 0) is 19.1 Å². The lowest BCUT2D eigenvalue weighted by Crippen LogP contribution is -2.50. The molecule has 0 spiro atoms. The molecule has 1 saturated heterocycles. The van der Waals surface area contributed by atoms with Crippen LogP contribution >= 0.6 is 0 Å². The van der Waals surface area contributed by atoms with E-state index in [1.54, 1.807) is 4.90 Å². The zero-order chi connectivity index (χ0) is 24.9. The summed E-state index contributed by atoms with van der Waals surface area (Å²) in [5.74, 6) is -1.80. The lowest BCUT2D eigenvalue weighted by atomic mass is 9.98. The summed E-state index contributed by atoms with van der Waals surface area (Å²) in [4.78, 5) is 50.2. The van der Waals surface area contributed by atoms with E-state index in [4.69, 9.17) is 9.84 Å². The van der Waals surface area contributed by atoms with Crippen molar-refractivity contribution in [2.75, 3.05) is 19.7 Å². The number of fused-ring (bicyclic) bond motifs is 3. The van der Waals surface area contributed by atoms with Crippen molar-refractivity contribution in [2.45, 2.75) is 44.2 Å². The highest BCUT2D eigenvalue weighted by Gasteiger charge is 2.33. The van der Waals surface area contributed by atoms with Gasteiger partial charge in [0.2, 0.25) is 11.8 Å². The van der Waals surface area contributed by atoms with E-state index in [1.165, 1.54) is 0 Å². The quantitative estimate of drug-likeness (QED) is 0.508. The first kappa shape index (κ1) is 24.3. The molecule has 35 heavy (non-hydrogen) atoms. The van der Waals surface area contributed by atoms with Crippen molar-refractivity contribution in [1.82, 2.24) is 15.5 Å². The summed E-state index contributed by atoms with van der Waals surface area (Å²) in [6.07, 6.45) is -1.01. The number of likely N-dealkylation sites (N-methyl/N-ethyl adjacent to an activating group) is 1. The highest BCUT2D eigenvalue weighted by molar-refractivity contribution is 5.88. The Hall–Kier alpha value is -3.88. The van der Waals surface area contributed by atoms with Crippen molar-refractivity contribution < 1.29 is 29.0 Å². The van der Waals surface area contributed by atoms with Gasteiger partial charge in [0.05, 0.1) is 6.04 Å². The number of carboxylic acids is 1. The van der Waals surface area contributed by atoms with Crippen LogP contribution in [0.15, 0.2) is 48.5 Å². The van der Waals surface area contributed by atoms with Crippen LogP contribution in [-0.4, -0.2) is 65.7 Å². The van der Waals surface area contributed by atoms with Gasteiger partial charge in [-0.05, 0) is 35.6 Å². The minimum absolute atomic E-state index is 0.0515. The standard InChI is InChI=1S/C26H29N3O6/c1-2-29-14-16(13-23(29)30)27-25(33)22(11-12-24(31)32)28-26(34)35-15-21-19-9-5-3-7-17(19)18-8-4-6-10-20(18)21/h3-10,16,21-22H,2,11-15H2,1H3,(H,27,33)(H,28,34)(H,31,32). The third kappa shape index (κ3) is 5.45. The van der Waals surface area contributed by atoms with Crippen molar-refractivity contribution in [3.63, 3.8) is 0 Å². The van der Waals surface area contributed by atoms with Gasteiger partial charge in [0, 0.05) is 31.8 Å². The number of carboxylic acid groups (broad SMARTS) is 1. The van der Waals surface area contributed by atoms with E-state index in [0.29, 0.717) is 13.1 Å². The monoisotopic (exact) mass is 479 g/mol. The Labute approximate surface area is 203 Å². The molecule has 1 aliphatic carbocycles. The summed E-state index contributed by atoms with van der Waals surface area (Å²) in [7, 11) is 0. The third-order valence-electron chi connectivity index (χ3n) is 6.54. The van der Waals surface area contributed by atoms with Crippen molar-refractivity contribution in [2.24, 2.45) is 0 Å². The fraction of sp³-hybridized carbons (Fsp3) is 0.385. The van der Waals surface area contributed by atoms with Crippen LogP contribution in [0.4, 0.5) is 4.79 Å². The van der Waals surface area contributed by atoms with Gasteiger partial charge < -0.3 is 25.4 Å². The summed E-state index contributed by atoms with van der Waals surface area (Å²) in [5.41, 5.74) is 4.33. The molecule has 2 unspecified atom stereocenters. The topological polar surface area (TPSA) is 125 Å². The van der Waals surface area contributed by atoms with E-state index in [-0.39, 0.29) is 43.7 Å². The predicted octanol–water partition coefficient (Wildman–Crippen LogP) is 2.50. The molecule has 1 aliphatic heterocycles. The second-order valence-electron chi connectivity index (χ2n) is 8.80. The van der Waals surface area contributed by atoms with E-state index >= 15 is 0 Å². The first-order valence-electron chi connectivity index (χ1n) is 11.8. The number of nitrogens with one attached hydrogen (secondary N) is 2. The molecule has 2 aromatic carbocycles. The lowest BCUT2D eigenvalue weighted by Gasteiger charge is -2.21. The van der Waals surface area contributed by atoms with Crippen LogP contribution in [0.3, 0.4) is 0 Å². The van der Waals surface area contributed by atoms with Gasteiger partial charge >= 0.3 is 12.1 Å². The minimum Gasteiger partial charge on any atom is -0.481 e. The molecule has 0 aromatic heterocycles. The van der Waals surface area contributed by atoms with E-state index in [0.717, 1.165) is 22.3 Å². The first-order chi connectivity index (χ1) is 16.9. The largest absolute Gasteiger partial charge is 0.481 e. The summed E-state index contributed by atoms with van der Waals surface area (Å²) in [6.45, 7) is 2.87. The van der Waals surface area contributed by atoms with Gasteiger partial charge in [-0.3, -0.25) is 14.4 Å². The van der Waals surface area contributed by atoms with E-state index < -0.39 is 24.0 Å². The smallest absolute Gasteiger partial charge is 0.407 e. The zero-order valence-corrected chi connectivity index (χ0v) is 19.5. The summed E-state index contributed by atoms with van der Waals surface area (Å²) < 4.78 is 5.51. The Kier molecular flexibility index (Phi) is 7.33. The van der Waals surface area contributed by atoms with Crippen LogP contribution < -0.4 is 10.6 Å². The summed E-state index contributed by atoms with van der Waals surface area (Å²) in [5, 5.41) is 14.4. The van der Waals surface area contributed by atoms with Gasteiger partial charge in [-0.15, -0.1) is 0 Å². The molecular weight excluding hydrogens is 450 g/mol. The number of hydrogen-bond donors (Lipinski definition) is 3. The number of carbonyl (C=O) groups is 4. The number of amides is 3. The van der Waals surface area contributed by atoms with Crippen LogP contribution in [0.2, 0.25) is 0 Å². The maximum atomic E-state index is 12.8. The number of benzene rings is 2. The average molecular weight is 480 g/mol. The normalized spacial score (nSPS) is 17.5. The molecule has 0 saturated carbocycles. The molecule has 1 fully saturated rings. The number of hydrogen-bond acceptors (Lipinski definition) is 5. The minimum atomic E-state index is -1.09. The lowest BCUT2D eigenvalue weighted by molar-refractivity contribution is -0.137. The number of nitrogens with zero attached hydrogens (tertiary/aromatic N) is 1. The number of rotatable bonds is 9. The number of aliphatic carboxylic acids is 1. The second-order valence-corrected chi connectivity index (χ2v) is 8.80. The Morgan fingerprint density at radius 3 is 2.29 bits per heavy atom. The molecule has 184 valence electrons. The van der Waals surface area contributed by atoms with E-state index in [1.807, 2.05) is 55.5 Å². The van der Waals surface area contributed by atoms with Gasteiger partial charge in [-0.2, -0.15) is 0 Å². The van der Waals surface area contributed by atoms with E-state index in [9.17, 15) is 19.2 Å². The second kappa shape index (κ2) is 10.6. The van der Waals surface area contributed by atoms with Crippen molar-refractivity contribution in [1.29, 1.82) is 0 Å². The maximum absolute atomic E-state index is 12.8. The number of ether oxygens (including phenoxy) is 1. The average Bonchev–Trinajstić information content (AvgIpc) is 3.36. The fourth-order valence-electron chi connectivity index (χ4n) is 4.80. The van der Waals surface area contributed by atoms with Gasteiger partial charge in [0.1, 0.15) is 12.6 Å². The Balaban J connectivity index is 1.39. The molecule has 1 heterocycles. The Morgan fingerprint density at radius 2 is 1.71 bits per heavy atom. The molecule has 9 nitrogen and oxygen atoms in total. The van der Waals surface area contributed by atoms with Gasteiger partial charge in [-0.1, -0.05) is 48.5 Å². The fourth-order valence-corrected chi connectivity index (χ4v) is 4.80. The molecule has 0 radical (unpaired) electrons. The van der Waals surface area contributed by atoms with Crippen LogP contribution in [0.25, 0.3) is 11.1 Å². The molecule has 2 aromatic rings. The van der Waals surface area contributed by atoms with E-state index in [2.05, 4.69) is 10.6 Å². The van der Waals surface area contributed by atoms with Crippen molar-refractivity contribution in [3.8, 4) is 11.1 Å². The molecule has 2 atom stereocenters. The van der Waals surface area contributed by atoms with Gasteiger partial charge in [0.15, 0.2) is 0 Å². The summed E-state index contributed by atoms with van der Waals surface area (Å²) >= 11 is 0. The first-order valence-corrected chi connectivity index (χ1v) is 11.8. The molecule has 4 rings (SSSR count). The predicted molar refractivity (Wildman–Crippen MR) is 128 cm³/mol. The number of likely N-dealkylation sites (tertiary alicyclic amines) is 1. The molecule has 3 N–H and O–H groups in total. The van der Waals surface area contributed by atoms with Crippen LogP contribution in [0.5, 0.6) is 0 Å². The molecular formula is C26H29N3O6. The van der Waals surface area contributed by atoms with Crippen LogP contribution in [0.1, 0.15) is 43.2 Å². The van der Waals surface area contributed by atoms with Gasteiger partial charge in [-0.25, -0.2) is 4.79 Å². The summed E-state index contributed by atoms with van der Waals surface area (Å²) in [6, 6.07) is 14.4. The van der Waals surface area contributed by atoms with Gasteiger partial charge in [0.25, 0.3) is 0 Å². The van der Waals surface area contributed by atoms with Crippen molar-refractivity contribution >= 4 is 23.9 Å². The molecule has 9 heteroatoms. The number of alkyl carbamates (subject to hydrolysis) is 1. The third-order valence-corrected chi connectivity index (χ3v) is 6.54. The maximum Gasteiger partial charge on any atom is 0.407 e. The number of carbonyl (C=O) groups excluding carboxylic acids is 3. The Morgan fingerprint density at radius 1 is 1.09 bits per heavy atom. The highest BCUT2D eigenvalue weighted by atomic mass is 16.5. The highest BCUT2D eigenvalue weighted by Crippen LogP contribution is 2.44. The molecule has 0 bridgehead atoms. The zero-order valence-electron chi connectivity index (χ0n) is 19.5. The molecule has 3 amide bonds. The van der Waals surface area contributed by atoms with Crippen molar-refractivity contribution in [3.05, 3.63) is 59.7 Å². The van der Waals surface area contributed by atoms with Crippen LogP contribution in [0, 0.1) is 0 Å². The Bertz CT molecular complexity index is 1090.